The maximum Gasteiger partial charge on any atom is 0.238 e. The third-order valence-corrected chi connectivity index (χ3v) is 5.48. The van der Waals surface area contributed by atoms with Crippen LogP contribution in [0.2, 0.25) is 0 Å². The Morgan fingerprint density at radius 1 is 1.28 bits per heavy atom. The van der Waals surface area contributed by atoms with Gasteiger partial charge in [0.15, 0.2) is 5.96 Å². The zero-order valence-electron chi connectivity index (χ0n) is 17.2. The van der Waals surface area contributed by atoms with Crippen LogP contribution in [0.5, 0.6) is 0 Å². The highest BCUT2D eigenvalue weighted by molar-refractivity contribution is 7.89. The maximum absolute atomic E-state index is 11.3. The van der Waals surface area contributed by atoms with E-state index in [9.17, 15) is 13.5 Å². The minimum Gasteiger partial charge on any atom is -0.387 e. The lowest BCUT2D eigenvalue weighted by atomic mass is 10.1. The summed E-state index contributed by atoms with van der Waals surface area (Å²) in [7, 11) is -3.67. The van der Waals surface area contributed by atoms with Crippen molar-refractivity contribution in [2.45, 2.75) is 30.8 Å². The number of aliphatic hydroxyl groups is 1. The van der Waals surface area contributed by atoms with Crippen molar-refractivity contribution in [1.82, 2.24) is 15.5 Å². The van der Waals surface area contributed by atoms with Gasteiger partial charge >= 0.3 is 0 Å². The maximum atomic E-state index is 11.3. The number of guanidine groups is 1. The second-order valence-electron chi connectivity index (χ2n) is 7.45. The van der Waals surface area contributed by atoms with Crippen LogP contribution in [0.25, 0.3) is 0 Å². The van der Waals surface area contributed by atoms with E-state index in [2.05, 4.69) is 20.5 Å². The van der Waals surface area contributed by atoms with Crippen LogP contribution in [0.4, 0.5) is 0 Å². The quantitative estimate of drug-likeness (QED) is 0.309. The van der Waals surface area contributed by atoms with E-state index in [0.717, 1.165) is 18.7 Å². The molecule has 0 aromatic heterocycles. The molecule has 1 atom stereocenters. The predicted molar refractivity (Wildman–Crippen MR) is 113 cm³/mol. The molecule has 0 spiro atoms. The zero-order valence-corrected chi connectivity index (χ0v) is 18.0. The lowest BCUT2D eigenvalue weighted by Gasteiger charge is -2.33. The first-order chi connectivity index (χ1) is 13.7. The Morgan fingerprint density at radius 3 is 2.52 bits per heavy atom. The standard InChI is InChI=1S/C19H33N5O4S/c1-3-21-18(23-14-19(2,25)15-24-10-12-28-13-11-24)22-9-8-16-4-6-17(7-5-16)29(20,26)27/h4-7,25H,3,8-15H2,1-2H3,(H2,20,26,27)(H2,21,22,23). The summed E-state index contributed by atoms with van der Waals surface area (Å²) in [5.74, 6) is 0.635. The Kier molecular flexibility index (Phi) is 8.84. The summed E-state index contributed by atoms with van der Waals surface area (Å²) in [6, 6.07) is 6.51. The van der Waals surface area contributed by atoms with Crippen LogP contribution >= 0.6 is 0 Å². The molecule has 1 aliphatic heterocycles. The number of morpholine rings is 1. The van der Waals surface area contributed by atoms with Gasteiger partial charge in [-0.3, -0.25) is 9.89 Å². The van der Waals surface area contributed by atoms with Crippen LogP contribution < -0.4 is 15.8 Å². The van der Waals surface area contributed by atoms with Gasteiger partial charge in [0.05, 0.1) is 30.3 Å². The van der Waals surface area contributed by atoms with Crippen molar-refractivity contribution in [2.75, 3.05) is 52.5 Å². The lowest BCUT2D eigenvalue weighted by Crippen LogP contribution is -2.48. The number of ether oxygens (including phenoxy) is 1. The molecule has 0 bridgehead atoms. The van der Waals surface area contributed by atoms with Crippen molar-refractivity contribution in [3.63, 3.8) is 0 Å². The van der Waals surface area contributed by atoms with E-state index in [1.165, 1.54) is 12.1 Å². The highest BCUT2D eigenvalue weighted by atomic mass is 32.2. The van der Waals surface area contributed by atoms with Crippen molar-refractivity contribution in [2.24, 2.45) is 10.1 Å². The Labute approximate surface area is 173 Å². The largest absolute Gasteiger partial charge is 0.387 e. The summed E-state index contributed by atoms with van der Waals surface area (Å²) in [6.07, 6.45) is 0.694. The number of hydrogen-bond donors (Lipinski definition) is 4. The smallest absolute Gasteiger partial charge is 0.238 e. The summed E-state index contributed by atoms with van der Waals surface area (Å²) < 4.78 is 28.0. The molecule has 1 aromatic carbocycles. The SMILES string of the molecule is CCNC(=NCC(C)(O)CN1CCOCC1)NCCc1ccc(S(N)(=O)=O)cc1. The number of β-amino-alcohol motifs (C(OH)–C–C–N with tert-alkyl or cyclic N) is 1. The van der Waals surface area contributed by atoms with Gasteiger partial charge in [0.2, 0.25) is 10.0 Å². The second kappa shape index (κ2) is 10.9. The highest BCUT2D eigenvalue weighted by Gasteiger charge is 2.25. The monoisotopic (exact) mass is 427 g/mol. The molecular formula is C19H33N5O4S. The molecular weight excluding hydrogens is 394 g/mol. The minimum absolute atomic E-state index is 0.103. The van der Waals surface area contributed by atoms with Crippen LogP contribution in [-0.4, -0.2) is 82.5 Å². The molecule has 0 aliphatic carbocycles. The first-order valence-electron chi connectivity index (χ1n) is 9.86. The molecule has 0 radical (unpaired) electrons. The molecule has 1 unspecified atom stereocenters. The first-order valence-corrected chi connectivity index (χ1v) is 11.4. The summed E-state index contributed by atoms with van der Waals surface area (Å²) in [6.45, 7) is 8.97. The van der Waals surface area contributed by atoms with Crippen LogP contribution in [-0.2, 0) is 21.2 Å². The highest BCUT2D eigenvalue weighted by Crippen LogP contribution is 2.10. The number of nitrogens with zero attached hydrogens (tertiary/aromatic N) is 2. The summed E-state index contributed by atoms with van der Waals surface area (Å²) >= 11 is 0. The first kappa shape index (κ1) is 23.6. The number of sulfonamides is 1. The lowest BCUT2D eigenvalue weighted by molar-refractivity contribution is -0.0179. The predicted octanol–water partition coefficient (Wildman–Crippen LogP) is -0.485. The fourth-order valence-electron chi connectivity index (χ4n) is 3.05. The molecule has 1 heterocycles. The Bertz CT molecular complexity index is 759. The molecule has 0 saturated carbocycles. The van der Waals surface area contributed by atoms with E-state index < -0.39 is 15.6 Å². The van der Waals surface area contributed by atoms with E-state index >= 15 is 0 Å². The topological polar surface area (TPSA) is 129 Å². The molecule has 1 aromatic rings. The van der Waals surface area contributed by atoms with E-state index in [-0.39, 0.29) is 11.4 Å². The van der Waals surface area contributed by atoms with Crippen LogP contribution in [0.1, 0.15) is 19.4 Å². The number of nitrogens with two attached hydrogens (primary N) is 1. The fraction of sp³-hybridized carbons (Fsp3) is 0.632. The number of aliphatic imine (C=N–C) groups is 1. The number of benzene rings is 1. The van der Waals surface area contributed by atoms with Crippen LogP contribution in [0.3, 0.4) is 0 Å². The van der Waals surface area contributed by atoms with Crippen molar-refractivity contribution in [3.05, 3.63) is 29.8 Å². The average Bonchev–Trinajstić information content (AvgIpc) is 2.66. The van der Waals surface area contributed by atoms with Gasteiger partial charge in [-0.15, -0.1) is 0 Å². The number of rotatable bonds is 9. The van der Waals surface area contributed by atoms with Gasteiger partial charge in [-0.2, -0.15) is 0 Å². The molecule has 9 nitrogen and oxygen atoms in total. The minimum atomic E-state index is -3.67. The van der Waals surface area contributed by atoms with Gasteiger partial charge in [0.25, 0.3) is 0 Å². The molecule has 29 heavy (non-hydrogen) atoms. The third-order valence-electron chi connectivity index (χ3n) is 4.55. The molecule has 1 saturated heterocycles. The summed E-state index contributed by atoms with van der Waals surface area (Å²) in [4.78, 5) is 6.81. The Morgan fingerprint density at radius 2 is 1.93 bits per heavy atom. The Hall–Kier alpha value is -1.72. The summed E-state index contributed by atoms with van der Waals surface area (Å²) in [5, 5.41) is 22.2. The number of nitrogens with one attached hydrogen (secondary N) is 2. The average molecular weight is 428 g/mol. The van der Waals surface area contributed by atoms with E-state index in [1.54, 1.807) is 19.1 Å². The van der Waals surface area contributed by atoms with Gasteiger partial charge < -0.3 is 20.5 Å². The van der Waals surface area contributed by atoms with Gasteiger partial charge in [-0.05, 0) is 38.0 Å². The van der Waals surface area contributed by atoms with Crippen molar-refractivity contribution in [3.8, 4) is 0 Å². The molecule has 0 amide bonds. The molecule has 5 N–H and O–H groups in total. The van der Waals surface area contributed by atoms with Gasteiger partial charge in [-0.1, -0.05) is 12.1 Å². The van der Waals surface area contributed by atoms with E-state index in [0.29, 0.717) is 45.2 Å². The van der Waals surface area contributed by atoms with Gasteiger partial charge in [-0.25, -0.2) is 13.6 Å². The van der Waals surface area contributed by atoms with Crippen LogP contribution in [0, 0.1) is 0 Å². The third kappa shape index (κ3) is 8.67. The fourth-order valence-corrected chi connectivity index (χ4v) is 3.57. The number of hydrogen-bond acceptors (Lipinski definition) is 6. The Balaban J connectivity index is 1.84. The second-order valence-corrected chi connectivity index (χ2v) is 9.01. The van der Waals surface area contributed by atoms with E-state index in [1.807, 2.05) is 6.92 Å². The molecule has 1 fully saturated rings. The molecule has 2 rings (SSSR count). The van der Waals surface area contributed by atoms with Crippen molar-refractivity contribution < 1.29 is 18.3 Å². The van der Waals surface area contributed by atoms with Gasteiger partial charge in [0, 0.05) is 32.7 Å². The molecule has 164 valence electrons. The molecule has 1 aliphatic rings. The van der Waals surface area contributed by atoms with E-state index in [4.69, 9.17) is 9.88 Å². The van der Waals surface area contributed by atoms with Gasteiger partial charge in [0.1, 0.15) is 0 Å². The van der Waals surface area contributed by atoms with Crippen molar-refractivity contribution in [1.29, 1.82) is 0 Å². The normalized spacial score (nSPS) is 18.3. The van der Waals surface area contributed by atoms with Crippen LogP contribution in [0.15, 0.2) is 34.2 Å². The number of primary sulfonamides is 1. The summed E-state index contributed by atoms with van der Waals surface area (Å²) in [5.41, 5.74) is 0.0588. The molecule has 10 heteroatoms. The van der Waals surface area contributed by atoms with Crippen molar-refractivity contribution >= 4 is 16.0 Å². The zero-order chi connectivity index (χ0) is 21.3.